The highest BCUT2D eigenvalue weighted by Gasteiger charge is 2.08. The number of urea groups is 1. The zero-order chi connectivity index (χ0) is 17.9. The van der Waals surface area contributed by atoms with Gasteiger partial charge in [-0.25, -0.2) is 14.8 Å². The van der Waals surface area contributed by atoms with Crippen LogP contribution in [0.15, 0.2) is 61.2 Å². The Hall–Kier alpha value is -3.68. The SMILES string of the molecule is Cc1cccnc1NC(=O)Nc1ccn(Cc2cn3ccccc3n2)n1. The van der Waals surface area contributed by atoms with Gasteiger partial charge in [0.2, 0.25) is 0 Å². The van der Waals surface area contributed by atoms with Crippen molar-refractivity contribution in [3.05, 3.63) is 72.4 Å². The standard InChI is InChI=1S/C18H17N7O/c1-13-5-4-8-19-17(13)22-18(26)21-15-7-10-25(23-15)12-14-11-24-9-3-2-6-16(24)20-14/h2-11H,12H2,1H3,(H2,19,21,22,23,26). The number of anilines is 2. The van der Waals surface area contributed by atoms with Crippen LogP contribution in [0.5, 0.6) is 0 Å². The summed E-state index contributed by atoms with van der Waals surface area (Å²) in [5, 5.41) is 9.77. The molecule has 26 heavy (non-hydrogen) atoms. The molecule has 0 atom stereocenters. The average Bonchev–Trinajstić information content (AvgIpc) is 3.23. The van der Waals surface area contributed by atoms with Gasteiger partial charge in [-0.2, -0.15) is 5.10 Å². The lowest BCUT2D eigenvalue weighted by Gasteiger charge is -2.06. The Balaban J connectivity index is 1.41. The molecule has 2 amide bonds. The zero-order valence-corrected chi connectivity index (χ0v) is 14.1. The lowest BCUT2D eigenvalue weighted by molar-refractivity contribution is 0.262. The number of carbonyl (C=O) groups is 1. The van der Waals surface area contributed by atoms with Crippen molar-refractivity contribution in [2.24, 2.45) is 0 Å². The van der Waals surface area contributed by atoms with E-state index < -0.39 is 0 Å². The molecule has 8 nitrogen and oxygen atoms in total. The van der Waals surface area contributed by atoms with E-state index in [4.69, 9.17) is 0 Å². The summed E-state index contributed by atoms with van der Waals surface area (Å²) in [6.07, 6.45) is 7.34. The van der Waals surface area contributed by atoms with Crippen LogP contribution in [0.25, 0.3) is 5.65 Å². The van der Waals surface area contributed by atoms with Gasteiger partial charge in [0, 0.05) is 30.9 Å². The van der Waals surface area contributed by atoms with Crippen LogP contribution in [0.2, 0.25) is 0 Å². The van der Waals surface area contributed by atoms with Crippen LogP contribution in [0.3, 0.4) is 0 Å². The van der Waals surface area contributed by atoms with Gasteiger partial charge in [0.15, 0.2) is 5.82 Å². The number of imidazole rings is 1. The third-order valence-corrected chi connectivity index (χ3v) is 3.86. The third kappa shape index (κ3) is 3.39. The van der Waals surface area contributed by atoms with Crippen molar-refractivity contribution in [3.63, 3.8) is 0 Å². The highest BCUT2D eigenvalue weighted by atomic mass is 16.2. The van der Waals surface area contributed by atoms with Gasteiger partial charge in [0.05, 0.1) is 12.2 Å². The summed E-state index contributed by atoms with van der Waals surface area (Å²) in [4.78, 5) is 20.8. The molecule has 0 fully saturated rings. The second-order valence-corrected chi connectivity index (χ2v) is 5.84. The van der Waals surface area contributed by atoms with Crippen LogP contribution in [-0.4, -0.2) is 30.2 Å². The molecule has 0 unspecified atom stereocenters. The third-order valence-electron chi connectivity index (χ3n) is 3.86. The maximum absolute atomic E-state index is 12.1. The molecule has 2 N–H and O–H groups in total. The van der Waals surface area contributed by atoms with E-state index in [1.165, 1.54) is 0 Å². The van der Waals surface area contributed by atoms with Gasteiger partial charge in [0.25, 0.3) is 0 Å². The van der Waals surface area contributed by atoms with Crippen LogP contribution >= 0.6 is 0 Å². The van der Waals surface area contributed by atoms with Crippen LogP contribution in [-0.2, 0) is 6.54 Å². The van der Waals surface area contributed by atoms with Gasteiger partial charge in [-0.05, 0) is 30.7 Å². The number of rotatable bonds is 4. The van der Waals surface area contributed by atoms with Crippen molar-refractivity contribution in [2.45, 2.75) is 13.5 Å². The minimum atomic E-state index is -0.384. The van der Waals surface area contributed by atoms with Gasteiger partial charge >= 0.3 is 6.03 Å². The molecule has 0 aliphatic rings. The lowest BCUT2D eigenvalue weighted by atomic mass is 10.3. The van der Waals surface area contributed by atoms with E-state index in [1.807, 2.05) is 54.0 Å². The minimum Gasteiger partial charge on any atom is -0.307 e. The van der Waals surface area contributed by atoms with Crippen molar-refractivity contribution in [3.8, 4) is 0 Å². The summed E-state index contributed by atoms with van der Waals surface area (Å²) in [6.45, 7) is 2.40. The molecule has 0 radical (unpaired) electrons. The van der Waals surface area contributed by atoms with Gasteiger partial charge in [-0.1, -0.05) is 12.1 Å². The van der Waals surface area contributed by atoms with E-state index in [-0.39, 0.29) is 6.03 Å². The maximum atomic E-state index is 12.1. The molecular formula is C18H17N7O. The first kappa shape index (κ1) is 15.8. The van der Waals surface area contributed by atoms with Crippen molar-refractivity contribution in [2.75, 3.05) is 10.6 Å². The van der Waals surface area contributed by atoms with Gasteiger partial charge in [-0.15, -0.1) is 0 Å². The van der Waals surface area contributed by atoms with Gasteiger partial charge < -0.3 is 4.40 Å². The minimum absolute atomic E-state index is 0.384. The van der Waals surface area contributed by atoms with Crippen LogP contribution in [0.1, 0.15) is 11.3 Å². The molecule has 0 aliphatic carbocycles. The number of hydrogen-bond donors (Lipinski definition) is 2. The van der Waals surface area contributed by atoms with E-state index in [0.29, 0.717) is 18.2 Å². The zero-order valence-electron chi connectivity index (χ0n) is 14.1. The number of amides is 2. The Kier molecular flexibility index (Phi) is 4.06. The van der Waals surface area contributed by atoms with Crippen molar-refractivity contribution in [1.29, 1.82) is 0 Å². The summed E-state index contributed by atoms with van der Waals surface area (Å²) in [7, 11) is 0. The molecule has 0 aromatic carbocycles. The smallest absolute Gasteiger partial charge is 0.307 e. The molecule has 0 saturated heterocycles. The van der Waals surface area contributed by atoms with E-state index in [2.05, 4.69) is 25.7 Å². The number of carbonyl (C=O) groups excluding carboxylic acids is 1. The molecule has 4 aromatic heterocycles. The summed E-state index contributed by atoms with van der Waals surface area (Å²) in [5.41, 5.74) is 2.66. The first-order valence-electron chi connectivity index (χ1n) is 8.13. The van der Waals surface area contributed by atoms with E-state index in [9.17, 15) is 4.79 Å². The quantitative estimate of drug-likeness (QED) is 0.594. The fourth-order valence-electron chi connectivity index (χ4n) is 2.62. The van der Waals surface area contributed by atoms with Crippen molar-refractivity contribution >= 4 is 23.3 Å². The predicted molar refractivity (Wildman–Crippen MR) is 98.1 cm³/mol. The van der Waals surface area contributed by atoms with E-state index >= 15 is 0 Å². The van der Waals surface area contributed by atoms with E-state index in [0.717, 1.165) is 16.9 Å². The highest BCUT2D eigenvalue weighted by Crippen LogP contribution is 2.11. The van der Waals surface area contributed by atoms with Gasteiger partial charge in [-0.3, -0.25) is 15.3 Å². The fourth-order valence-corrected chi connectivity index (χ4v) is 2.62. The Bertz CT molecular complexity index is 1030. The highest BCUT2D eigenvalue weighted by molar-refractivity contribution is 5.98. The Labute approximate surface area is 149 Å². The number of aromatic nitrogens is 5. The molecule has 130 valence electrons. The molecule has 4 heterocycles. The number of nitrogens with one attached hydrogen (secondary N) is 2. The molecule has 4 rings (SSSR count). The monoisotopic (exact) mass is 347 g/mol. The fraction of sp³-hybridized carbons (Fsp3) is 0.111. The van der Waals surface area contributed by atoms with E-state index in [1.54, 1.807) is 23.1 Å². The second kappa shape index (κ2) is 6.67. The number of fused-ring (bicyclic) bond motifs is 1. The maximum Gasteiger partial charge on any atom is 0.326 e. The Morgan fingerprint density at radius 2 is 2.04 bits per heavy atom. The second-order valence-electron chi connectivity index (χ2n) is 5.84. The van der Waals surface area contributed by atoms with Crippen molar-refractivity contribution < 1.29 is 4.79 Å². The summed E-state index contributed by atoms with van der Waals surface area (Å²) < 4.78 is 3.68. The predicted octanol–water partition coefficient (Wildman–Crippen LogP) is 2.93. The Morgan fingerprint density at radius 3 is 2.88 bits per heavy atom. The first-order valence-corrected chi connectivity index (χ1v) is 8.13. The molecule has 0 saturated carbocycles. The summed E-state index contributed by atoms with van der Waals surface area (Å²) >= 11 is 0. The van der Waals surface area contributed by atoms with Crippen LogP contribution in [0, 0.1) is 6.92 Å². The number of hydrogen-bond acceptors (Lipinski definition) is 4. The topological polar surface area (TPSA) is 89.1 Å². The lowest BCUT2D eigenvalue weighted by Crippen LogP contribution is -2.21. The van der Waals surface area contributed by atoms with Crippen LogP contribution in [0.4, 0.5) is 16.4 Å². The molecule has 0 spiro atoms. The number of nitrogens with zero attached hydrogens (tertiary/aromatic N) is 5. The molecule has 8 heteroatoms. The molecule has 0 aliphatic heterocycles. The van der Waals surface area contributed by atoms with Crippen molar-refractivity contribution in [1.82, 2.24) is 24.1 Å². The summed E-state index contributed by atoms with van der Waals surface area (Å²) in [6, 6.07) is 10.9. The number of pyridine rings is 2. The normalized spacial score (nSPS) is 10.8. The number of aryl methyl sites for hydroxylation is 1. The Morgan fingerprint density at radius 1 is 1.12 bits per heavy atom. The van der Waals surface area contributed by atoms with Crippen LogP contribution < -0.4 is 10.6 Å². The molecular weight excluding hydrogens is 330 g/mol. The summed E-state index contributed by atoms with van der Waals surface area (Å²) in [5.74, 6) is 0.981. The first-order chi connectivity index (χ1) is 12.7. The molecule has 4 aromatic rings. The van der Waals surface area contributed by atoms with Gasteiger partial charge in [0.1, 0.15) is 11.5 Å². The largest absolute Gasteiger partial charge is 0.326 e. The average molecular weight is 347 g/mol. The molecule has 0 bridgehead atoms.